The fourth-order valence-electron chi connectivity index (χ4n) is 3.80. The van der Waals surface area contributed by atoms with E-state index in [0.29, 0.717) is 12.1 Å². The molecule has 1 heterocycles. The second-order valence-electron chi connectivity index (χ2n) is 5.84. The van der Waals surface area contributed by atoms with Crippen molar-refractivity contribution in [2.45, 2.75) is 44.2 Å². The van der Waals surface area contributed by atoms with Crippen LogP contribution in [0.5, 0.6) is 0 Å². The number of likely N-dealkylation sites (N-methyl/N-ethyl adjacent to an activating group) is 1. The van der Waals surface area contributed by atoms with E-state index in [1.54, 1.807) is 12.1 Å². The molecule has 104 valence electrons. The van der Waals surface area contributed by atoms with Crippen molar-refractivity contribution in [1.29, 1.82) is 0 Å². The molecule has 2 unspecified atom stereocenters. The van der Waals surface area contributed by atoms with Gasteiger partial charge in [0.1, 0.15) is 5.82 Å². The molecule has 0 saturated carbocycles. The Balaban J connectivity index is 1.83. The highest BCUT2D eigenvalue weighted by Gasteiger charge is 2.33. The third-order valence-corrected chi connectivity index (χ3v) is 4.66. The van der Waals surface area contributed by atoms with E-state index in [4.69, 9.17) is 0 Å². The Morgan fingerprint density at radius 3 is 3.05 bits per heavy atom. The van der Waals surface area contributed by atoms with Crippen molar-refractivity contribution in [2.75, 3.05) is 20.1 Å². The normalized spacial score (nSPS) is 27.5. The van der Waals surface area contributed by atoms with Crippen molar-refractivity contribution in [3.8, 4) is 0 Å². The van der Waals surface area contributed by atoms with Gasteiger partial charge in [-0.15, -0.1) is 0 Å². The first-order valence-electron chi connectivity index (χ1n) is 7.48. The lowest BCUT2D eigenvalue weighted by molar-refractivity contribution is 0.0946. The van der Waals surface area contributed by atoms with Gasteiger partial charge in [0.25, 0.3) is 0 Å². The molecule has 1 aliphatic heterocycles. The minimum Gasteiger partial charge on any atom is -0.318 e. The zero-order valence-corrected chi connectivity index (χ0v) is 11.7. The van der Waals surface area contributed by atoms with Crippen LogP contribution >= 0.6 is 0 Å². The summed E-state index contributed by atoms with van der Waals surface area (Å²) in [7, 11) is 2.03. The van der Waals surface area contributed by atoms with Gasteiger partial charge in [0.2, 0.25) is 0 Å². The van der Waals surface area contributed by atoms with E-state index >= 15 is 0 Å². The predicted octanol–water partition coefficient (Wildman–Crippen LogP) is 2.89. The monoisotopic (exact) mass is 262 g/mol. The molecule has 3 heteroatoms. The number of benzene rings is 1. The molecule has 1 saturated heterocycles. The van der Waals surface area contributed by atoms with Crippen LogP contribution in [0.15, 0.2) is 18.2 Å². The minimum atomic E-state index is -0.0928. The number of hydrogen-bond donors (Lipinski definition) is 1. The molecular formula is C16H23FN2. The van der Waals surface area contributed by atoms with Crippen LogP contribution in [0.25, 0.3) is 0 Å². The van der Waals surface area contributed by atoms with Gasteiger partial charge in [-0.25, -0.2) is 4.39 Å². The smallest absolute Gasteiger partial charge is 0.123 e. The van der Waals surface area contributed by atoms with Gasteiger partial charge in [0.05, 0.1) is 0 Å². The second kappa shape index (κ2) is 5.59. The van der Waals surface area contributed by atoms with Crippen LogP contribution in [0.4, 0.5) is 4.39 Å². The van der Waals surface area contributed by atoms with Crippen LogP contribution < -0.4 is 5.32 Å². The van der Waals surface area contributed by atoms with E-state index in [1.165, 1.54) is 36.9 Å². The van der Waals surface area contributed by atoms with Gasteiger partial charge in [-0.1, -0.05) is 12.5 Å². The molecule has 19 heavy (non-hydrogen) atoms. The summed E-state index contributed by atoms with van der Waals surface area (Å²) in [6, 6.07) is 6.50. The fraction of sp³-hybridized carbons (Fsp3) is 0.625. The van der Waals surface area contributed by atoms with Crippen LogP contribution in [0.1, 0.15) is 42.9 Å². The molecule has 0 amide bonds. The van der Waals surface area contributed by atoms with Crippen molar-refractivity contribution in [3.63, 3.8) is 0 Å². The first-order chi connectivity index (χ1) is 9.29. The zero-order valence-electron chi connectivity index (χ0n) is 11.7. The first-order valence-corrected chi connectivity index (χ1v) is 7.48. The molecular weight excluding hydrogens is 239 g/mol. The molecule has 0 radical (unpaired) electrons. The van der Waals surface area contributed by atoms with Gasteiger partial charge in [0, 0.05) is 18.6 Å². The van der Waals surface area contributed by atoms with Gasteiger partial charge in [0.15, 0.2) is 0 Å². The Bertz CT molecular complexity index is 444. The number of piperidine rings is 1. The molecule has 0 bridgehead atoms. The van der Waals surface area contributed by atoms with E-state index in [0.717, 1.165) is 19.4 Å². The summed E-state index contributed by atoms with van der Waals surface area (Å²) in [5.74, 6) is -0.0928. The van der Waals surface area contributed by atoms with Crippen molar-refractivity contribution < 1.29 is 4.39 Å². The van der Waals surface area contributed by atoms with Crippen LogP contribution in [0.2, 0.25) is 0 Å². The van der Waals surface area contributed by atoms with Crippen molar-refractivity contribution >= 4 is 0 Å². The van der Waals surface area contributed by atoms with Crippen LogP contribution in [0.3, 0.4) is 0 Å². The number of nitrogens with one attached hydrogen (secondary N) is 1. The second-order valence-corrected chi connectivity index (χ2v) is 5.84. The zero-order chi connectivity index (χ0) is 13.2. The number of aryl methyl sites for hydroxylation is 1. The lowest BCUT2D eigenvalue weighted by Gasteiger charge is -2.40. The average molecular weight is 262 g/mol. The molecule has 0 aromatic heterocycles. The maximum absolute atomic E-state index is 13.3. The lowest BCUT2D eigenvalue weighted by Crippen LogP contribution is -2.46. The number of rotatable bonds is 3. The summed E-state index contributed by atoms with van der Waals surface area (Å²) >= 11 is 0. The van der Waals surface area contributed by atoms with E-state index in [-0.39, 0.29) is 5.82 Å². The van der Waals surface area contributed by atoms with E-state index in [9.17, 15) is 4.39 Å². The van der Waals surface area contributed by atoms with Crippen molar-refractivity contribution in [1.82, 2.24) is 10.2 Å². The highest BCUT2D eigenvalue weighted by Crippen LogP contribution is 2.39. The molecule has 1 fully saturated rings. The summed E-state index contributed by atoms with van der Waals surface area (Å²) < 4.78 is 13.3. The molecule has 2 aliphatic rings. The van der Waals surface area contributed by atoms with Gasteiger partial charge in [-0.3, -0.25) is 4.90 Å². The average Bonchev–Trinajstić information content (AvgIpc) is 2.82. The fourth-order valence-corrected chi connectivity index (χ4v) is 3.80. The maximum Gasteiger partial charge on any atom is 0.123 e. The number of nitrogens with zero attached hydrogens (tertiary/aromatic N) is 1. The Morgan fingerprint density at radius 2 is 2.21 bits per heavy atom. The van der Waals surface area contributed by atoms with E-state index in [2.05, 4.69) is 10.2 Å². The highest BCUT2D eigenvalue weighted by molar-refractivity contribution is 5.35. The first kappa shape index (κ1) is 13.1. The van der Waals surface area contributed by atoms with Crippen molar-refractivity contribution in [3.05, 3.63) is 35.1 Å². The van der Waals surface area contributed by atoms with Gasteiger partial charge >= 0.3 is 0 Å². The molecule has 1 aromatic carbocycles. The summed E-state index contributed by atoms with van der Waals surface area (Å²) in [5, 5.41) is 3.32. The Kier molecular flexibility index (Phi) is 3.85. The van der Waals surface area contributed by atoms with E-state index < -0.39 is 0 Å². The van der Waals surface area contributed by atoms with Gasteiger partial charge in [-0.05, 0) is 62.5 Å². The quantitative estimate of drug-likeness (QED) is 0.901. The third kappa shape index (κ3) is 2.54. The van der Waals surface area contributed by atoms with Gasteiger partial charge in [-0.2, -0.15) is 0 Å². The summed E-state index contributed by atoms with van der Waals surface area (Å²) in [6.07, 6.45) is 6.10. The minimum absolute atomic E-state index is 0.0928. The number of likely N-dealkylation sites (tertiary alicyclic amines) is 1. The van der Waals surface area contributed by atoms with Crippen LogP contribution in [-0.2, 0) is 6.42 Å². The third-order valence-electron chi connectivity index (χ3n) is 4.66. The molecule has 0 spiro atoms. The lowest BCUT2D eigenvalue weighted by atomic mass is 9.97. The summed E-state index contributed by atoms with van der Waals surface area (Å²) in [6.45, 7) is 2.25. The standard InChI is InChI=1S/C16H23FN2/c1-18-11-14-4-2-3-9-19(14)16-8-5-12-10-13(17)6-7-15(12)16/h6-7,10,14,16,18H,2-5,8-9,11H2,1H3. The molecule has 1 aliphatic carbocycles. The molecule has 3 rings (SSSR count). The largest absolute Gasteiger partial charge is 0.318 e. The number of fused-ring (bicyclic) bond motifs is 1. The van der Waals surface area contributed by atoms with Gasteiger partial charge < -0.3 is 5.32 Å². The summed E-state index contributed by atoms with van der Waals surface area (Å²) in [5.41, 5.74) is 2.59. The topological polar surface area (TPSA) is 15.3 Å². The molecule has 1 N–H and O–H groups in total. The van der Waals surface area contributed by atoms with Crippen LogP contribution in [-0.4, -0.2) is 31.1 Å². The Morgan fingerprint density at radius 1 is 1.32 bits per heavy atom. The summed E-state index contributed by atoms with van der Waals surface area (Å²) in [4.78, 5) is 2.66. The highest BCUT2D eigenvalue weighted by atomic mass is 19.1. The van der Waals surface area contributed by atoms with Crippen LogP contribution in [0, 0.1) is 5.82 Å². The maximum atomic E-state index is 13.3. The Labute approximate surface area is 115 Å². The predicted molar refractivity (Wildman–Crippen MR) is 75.7 cm³/mol. The number of halogens is 1. The van der Waals surface area contributed by atoms with E-state index in [1.807, 2.05) is 13.1 Å². The van der Waals surface area contributed by atoms with Crippen molar-refractivity contribution in [2.24, 2.45) is 0 Å². The Hall–Kier alpha value is -0.930. The SMILES string of the molecule is CNCC1CCCCN1C1CCc2cc(F)ccc21. The number of hydrogen-bond acceptors (Lipinski definition) is 2. The molecule has 2 nitrogen and oxygen atoms in total. The molecule has 1 aromatic rings. The molecule has 2 atom stereocenters.